The number of nitro benzene ring substituents is 1. The highest BCUT2D eigenvalue weighted by atomic mass is 79.9. The number of nitrogens with one attached hydrogen (secondary N) is 1. The molecule has 6 nitrogen and oxygen atoms in total. The third-order valence-corrected chi connectivity index (χ3v) is 3.98. The van der Waals surface area contributed by atoms with Gasteiger partial charge in [0.1, 0.15) is 5.75 Å². The smallest absolute Gasteiger partial charge is 0.312 e. The molecule has 8 heteroatoms. The van der Waals surface area contributed by atoms with Crippen molar-refractivity contribution in [3.05, 3.63) is 26.7 Å². The Morgan fingerprint density at radius 3 is 2.62 bits per heavy atom. The van der Waals surface area contributed by atoms with Crippen molar-refractivity contribution in [1.82, 2.24) is 5.32 Å². The van der Waals surface area contributed by atoms with E-state index in [1.165, 1.54) is 13.2 Å². The second-order valence-electron chi connectivity index (χ2n) is 4.72. The molecule has 0 bridgehead atoms. The first kappa shape index (κ1) is 18.0. The SMILES string of the molecule is COc1cc(OCC2CCNCC2)c(Br)cc1[N+](=O)[O-].Cl. The first-order valence-corrected chi connectivity index (χ1v) is 7.26. The number of benzene rings is 1. The Balaban J connectivity index is 0.00000220. The Morgan fingerprint density at radius 1 is 1.38 bits per heavy atom. The van der Waals surface area contributed by atoms with Gasteiger partial charge < -0.3 is 14.8 Å². The minimum Gasteiger partial charge on any atom is -0.492 e. The number of hydrogen-bond donors (Lipinski definition) is 1. The van der Waals surface area contributed by atoms with Crippen molar-refractivity contribution in [2.24, 2.45) is 5.92 Å². The lowest BCUT2D eigenvalue weighted by molar-refractivity contribution is -0.385. The van der Waals surface area contributed by atoms with Gasteiger partial charge in [0, 0.05) is 12.1 Å². The van der Waals surface area contributed by atoms with Crippen molar-refractivity contribution >= 4 is 34.0 Å². The van der Waals surface area contributed by atoms with E-state index in [1.807, 2.05) is 0 Å². The van der Waals surface area contributed by atoms with E-state index >= 15 is 0 Å². The van der Waals surface area contributed by atoms with Crippen LogP contribution in [0.2, 0.25) is 0 Å². The van der Waals surface area contributed by atoms with Crippen LogP contribution in [-0.2, 0) is 0 Å². The number of piperidine rings is 1. The Labute approximate surface area is 137 Å². The second kappa shape index (κ2) is 8.41. The van der Waals surface area contributed by atoms with Gasteiger partial charge >= 0.3 is 5.69 Å². The molecule has 118 valence electrons. The van der Waals surface area contributed by atoms with Crippen LogP contribution in [-0.4, -0.2) is 31.7 Å². The Kier molecular flexibility index (Phi) is 7.21. The summed E-state index contributed by atoms with van der Waals surface area (Å²) in [6.07, 6.45) is 2.17. The zero-order valence-electron chi connectivity index (χ0n) is 11.6. The molecule has 1 aromatic rings. The highest BCUT2D eigenvalue weighted by Crippen LogP contribution is 2.37. The molecule has 1 aliphatic heterocycles. The van der Waals surface area contributed by atoms with Crippen LogP contribution in [0.1, 0.15) is 12.8 Å². The molecule has 0 aromatic heterocycles. The van der Waals surface area contributed by atoms with E-state index in [0.29, 0.717) is 22.7 Å². The fourth-order valence-electron chi connectivity index (χ4n) is 2.20. The van der Waals surface area contributed by atoms with Gasteiger partial charge in [-0.2, -0.15) is 0 Å². The van der Waals surface area contributed by atoms with Crippen LogP contribution < -0.4 is 14.8 Å². The van der Waals surface area contributed by atoms with Gasteiger partial charge in [-0.05, 0) is 47.8 Å². The minimum atomic E-state index is -0.472. The number of ether oxygens (including phenoxy) is 2. The third kappa shape index (κ3) is 4.72. The minimum absolute atomic E-state index is 0. The van der Waals surface area contributed by atoms with Gasteiger partial charge in [-0.25, -0.2) is 0 Å². The molecule has 1 aliphatic rings. The van der Waals surface area contributed by atoms with Crippen LogP contribution in [0, 0.1) is 16.0 Å². The number of rotatable bonds is 5. The number of hydrogen-bond acceptors (Lipinski definition) is 5. The molecule has 1 aromatic carbocycles. The average Bonchev–Trinajstić information content (AvgIpc) is 2.46. The fraction of sp³-hybridized carbons (Fsp3) is 0.538. The van der Waals surface area contributed by atoms with Crippen molar-refractivity contribution in [2.45, 2.75) is 12.8 Å². The Morgan fingerprint density at radius 2 is 2.05 bits per heavy atom. The fourth-order valence-corrected chi connectivity index (χ4v) is 2.64. The third-order valence-electron chi connectivity index (χ3n) is 3.36. The predicted molar refractivity (Wildman–Crippen MR) is 85.7 cm³/mol. The summed E-state index contributed by atoms with van der Waals surface area (Å²) in [7, 11) is 1.41. The molecule has 0 radical (unpaired) electrons. The first-order chi connectivity index (χ1) is 9.61. The first-order valence-electron chi connectivity index (χ1n) is 6.47. The van der Waals surface area contributed by atoms with Crippen LogP contribution in [0.3, 0.4) is 0 Å². The largest absolute Gasteiger partial charge is 0.492 e. The summed E-state index contributed by atoms with van der Waals surface area (Å²) >= 11 is 3.31. The molecule has 0 atom stereocenters. The van der Waals surface area contributed by atoms with Crippen LogP contribution in [0.25, 0.3) is 0 Å². The number of nitrogens with zero attached hydrogens (tertiary/aromatic N) is 1. The maximum atomic E-state index is 10.9. The van der Waals surface area contributed by atoms with Gasteiger partial charge in [-0.1, -0.05) is 0 Å². The van der Waals surface area contributed by atoms with E-state index in [4.69, 9.17) is 9.47 Å². The molecule has 1 fully saturated rings. The van der Waals surface area contributed by atoms with Gasteiger partial charge in [0.2, 0.25) is 5.75 Å². The van der Waals surface area contributed by atoms with Gasteiger partial charge in [0.15, 0.2) is 0 Å². The molecule has 0 aliphatic carbocycles. The van der Waals surface area contributed by atoms with E-state index < -0.39 is 4.92 Å². The normalized spacial score (nSPS) is 15.1. The maximum absolute atomic E-state index is 10.9. The monoisotopic (exact) mass is 380 g/mol. The molecule has 0 spiro atoms. The van der Waals surface area contributed by atoms with Crippen LogP contribution in [0.4, 0.5) is 5.69 Å². The summed E-state index contributed by atoms with van der Waals surface area (Å²) in [5.74, 6) is 1.30. The average molecular weight is 382 g/mol. The Bertz CT molecular complexity index is 495. The van der Waals surface area contributed by atoms with E-state index in [1.54, 1.807) is 6.07 Å². The summed E-state index contributed by atoms with van der Waals surface area (Å²) in [6.45, 7) is 2.64. The lowest BCUT2D eigenvalue weighted by Crippen LogP contribution is -2.30. The lowest BCUT2D eigenvalue weighted by atomic mass is 9.99. The van der Waals surface area contributed by atoms with E-state index in [2.05, 4.69) is 21.2 Å². The van der Waals surface area contributed by atoms with Crippen LogP contribution in [0.5, 0.6) is 11.5 Å². The molecule has 1 N–H and O–H groups in total. The molecule has 2 rings (SSSR count). The second-order valence-corrected chi connectivity index (χ2v) is 5.57. The van der Waals surface area contributed by atoms with Crippen molar-refractivity contribution in [3.63, 3.8) is 0 Å². The zero-order chi connectivity index (χ0) is 14.5. The Hall–Kier alpha value is -1.05. The molecular weight excluding hydrogens is 364 g/mol. The zero-order valence-corrected chi connectivity index (χ0v) is 14.0. The van der Waals surface area contributed by atoms with E-state index in [-0.39, 0.29) is 23.8 Å². The van der Waals surface area contributed by atoms with E-state index in [9.17, 15) is 10.1 Å². The van der Waals surface area contributed by atoms with Crippen molar-refractivity contribution < 1.29 is 14.4 Å². The quantitative estimate of drug-likeness (QED) is 0.626. The summed E-state index contributed by atoms with van der Waals surface area (Å²) in [5, 5.41) is 14.2. The van der Waals surface area contributed by atoms with Gasteiger partial charge in [0.05, 0.1) is 23.1 Å². The molecule has 0 unspecified atom stereocenters. The van der Waals surface area contributed by atoms with E-state index in [0.717, 1.165) is 25.9 Å². The highest BCUT2D eigenvalue weighted by Gasteiger charge is 2.20. The molecule has 1 saturated heterocycles. The van der Waals surface area contributed by atoms with Crippen molar-refractivity contribution in [1.29, 1.82) is 0 Å². The van der Waals surface area contributed by atoms with Gasteiger partial charge in [0.25, 0.3) is 0 Å². The predicted octanol–water partition coefficient (Wildman–Crippen LogP) is 3.17. The van der Waals surface area contributed by atoms with Crippen LogP contribution >= 0.6 is 28.3 Å². The lowest BCUT2D eigenvalue weighted by Gasteiger charge is -2.23. The topological polar surface area (TPSA) is 73.6 Å². The molecular formula is C13H18BrClN2O4. The van der Waals surface area contributed by atoms with Gasteiger partial charge in [-0.3, -0.25) is 10.1 Å². The number of nitro groups is 1. The summed E-state index contributed by atoms with van der Waals surface area (Å²) in [4.78, 5) is 10.4. The van der Waals surface area contributed by atoms with Crippen LogP contribution in [0.15, 0.2) is 16.6 Å². The summed E-state index contributed by atoms with van der Waals surface area (Å²) in [5.41, 5.74) is -0.0754. The summed E-state index contributed by atoms with van der Waals surface area (Å²) < 4.78 is 11.4. The molecule has 0 amide bonds. The standard InChI is InChI=1S/C13H17BrN2O4.ClH/c1-19-13-7-12(10(14)6-11(13)16(17)18)20-8-9-2-4-15-5-3-9;/h6-7,9,15H,2-5,8H2,1H3;1H. The van der Waals surface area contributed by atoms with Crippen molar-refractivity contribution in [3.8, 4) is 11.5 Å². The summed E-state index contributed by atoms with van der Waals surface area (Å²) in [6, 6.07) is 2.97. The molecule has 1 heterocycles. The maximum Gasteiger partial charge on any atom is 0.312 e. The molecule has 21 heavy (non-hydrogen) atoms. The van der Waals surface area contributed by atoms with Gasteiger partial charge in [-0.15, -0.1) is 12.4 Å². The number of halogens is 2. The molecule has 0 saturated carbocycles. The number of methoxy groups -OCH3 is 1. The highest BCUT2D eigenvalue weighted by molar-refractivity contribution is 9.10. The van der Waals surface area contributed by atoms with Crippen molar-refractivity contribution in [2.75, 3.05) is 26.8 Å².